The molecule has 0 N–H and O–H groups in total. The number of amides is 1. The number of halogens is 2. The average molecular weight is 415 g/mol. The maximum Gasteiger partial charge on any atom is 0.410 e. The highest BCUT2D eigenvalue weighted by molar-refractivity contribution is 5.99. The predicted octanol–water partition coefficient (Wildman–Crippen LogP) is 4.27. The molecule has 158 valence electrons. The number of ketones is 1. The lowest BCUT2D eigenvalue weighted by Crippen LogP contribution is -2.60. The van der Waals surface area contributed by atoms with Crippen molar-refractivity contribution >= 4 is 11.9 Å². The van der Waals surface area contributed by atoms with E-state index in [0.717, 1.165) is 11.6 Å². The van der Waals surface area contributed by atoms with Crippen molar-refractivity contribution in [2.75, 3.05) is 13.2 Å². The summed E-state index contributed by atoms with van der Waals surface area (Å²) in [5.41, 5.74) is 1.11. The van der Waals surface area contributed by atoms with Crippen LogP contribution in [0, 0.1) is 24.5 Å². The van der Waals surface area contributed by atoms with Crippen LogP contribution in [0.3, 0.4) is 0 Å². The van der Waals surface area contributed by atoms with Crippen molar-refractivity contribution in [2.24, 2.45) is 5.92 Å². The SMILES string of the molecule is Cc1c(C(=O)C2CC3COCC(C2)N3C(=O)OCc2ccccc2)ccc(F)c1F. The number of hydrogen-bond donors (Lipinski definition) is 0. The van der Waals surface area contributed by atoms with Crippen molar-refractivity contribution in [1.29, 1.82) is 0 Å². The minimum absolute atomic E-state index is 0.0195. The average Bonchev–Trinajstić information content (AvgIpc) is 2.75. The maximum absolute atomic E-state index is 13.9. The fourth-order valence-corrected chi connectivity index (χ4v) is 4.36. The van der Waals surface area contributed by atoms with Gasteiger partial charge in [-0.2, -0.15) is 0 Å². The molecule has 2 aliphatic heterocycles. The van der Waals surface area contributed by atoms with Gasteiger partial charge in [-0.1, -0.05) is 30.3 Å². The second kappa shape index (κ2) is 8.52. The molecule has 2 aromatic rings. The van der Waals surface area contributed by atoms with E-state index in [1.165, 1.54) is 13.0 Å². The van der Waals surface area contributed by atoms with Gasteiger partial charge in [0, 0.05) is 11.5 Å². The molecular formula is C23H23F2NO4. The first-order chi connectivity index (χ1) is 14.5. The normalized spacial score (nSPS) is 23.2. The Morgan fingerprint density at radius 3 is 2.40 bits per heavy atom. The minimum Gasteiger partial charge on any atom is -0.445 e. The number of carbonyl (C=O) groups is 2. The van der Waals surface area contributed by atoms with Gasteiger partial charge in [0.05, 0.1) is 25.3 Å². The van der Waals surface area contributed by atoms with Crippen molar-refractivity contribution in [2.45, 2.75) is 38.5 Å². The third-order valence-electron chi connectivity index (χ3n) is 5.91. The number of ether oxygens (including phenoxy) is 2. The van der Waals surface area contributed by atoms with E-state index >= 15 is 0 Å². The first-order valence-corrected chi connectivity index (χ1v) is 10.0. The Balaban J connectivity index is 1.46. The van der Waals surface area contributed by atoms with Crippen LogP contribution < -0.4 is 0 Å². The van der Waals surface area contributed by atoms with Crippen LogP contribution in [0.4, 0.5) is 13.6 Å². The lowest BCUT2D eigenvalue weighted by molar-refractivity contribution is -0.0755. The highest BCUT2D eigenvalue weighted by atomic mass is 19.2. The molecular weight excluding hydrogens is 392 g/mol. The molecule has 4 rings (SSSR count). The molecule has 2 heterocycles. The number of morpholine rings is 1. The number of nitrogens with zero attached hydrogens (tertiary/aromatic N) is 1. The number of benzene rings is 2. The quantitative estimate of drug-likeness (QED) is 0.700. The zero-order valence-corrected chi connectivity index (χ0v) is 16.6. The standard InChI is InChI=1S/C23H23F2NO4/c1-14-19(7-8-20(24)21(14)25)22(27)16-9-17-12-29-13-18(10-16)26(17)23(28)30-11-15-5-3-2-4-6-15/h2-8,16-18H,9-13H2,1H3. The Hall–Kier alpha value is -2.80. The number of hydrogen-bond acceptors (Lipinski definition) is 4. The molecule has 30 heavy (non-hydrogen) atoms. The molecule has 2 fully saturated rings. The van der Waals surface area contributed by atoms with Gasteiger partial charge in [-0.15, -0.1) is 0 Å². The maximum atomic E-state index is 13.9. The summed E-state index contributed by atoms with van der Waals surface area (Å²) < 4.78 is 38.4. The first kappa shape index (κ1) is 20.5. The molecule has 7 heteroatoms. The number of carbonyl (C=O) groups excluding carboxylic acids is 2. The van der Waals surface area contributed by atoms with Gasteiger partial charge in [0.1, 0.15) is 6.61 Å². The van der Waals surface area contributed by atoms with E-state index in [9.17, 15) is 18.4 Å². The lowest BCUT2D eigenvalue weighted by atomic mass is 9.80. The van der Waals surface area contributed by atoms with Gasteiger partial charge in [-0.3, -0.25) is 9.69 Å². The molecule has 0 aliphatic carbocycles. The van der Waals surface area contributed by atoms with Crippen LogP contribution in [0.5, 0.6) is 0 Å². The highest BCUT2D eigenvalue weighted by Gasteiger charge is 2.44. The monoisotopic (exact) mass is 415 g/mol. The van der Waals surface area contributed by atoms with E-state index in [1.54, 1.807) is 4.90 Å². The van der Waals surface area contributed by atoms with Gasteiger partial charge < -0.3 is 9.47 Å². The molecule has 2 saturated heterocycles. The molecule has 5 nitrogen and oxygen atoms in total. The van der Waals surface area contributed by atoms with Crippen molar-refractivity contribution in [3.63, 3.8) is 0 Å². The topological polar surface area (TPSA) is 55.8 Å². The fraction of sp³-hybridized carbons (Fsp3) is 0.391. The molecule has 2 bridgehead atoms. The van der Waals surface area contributed by atoms with Crippen LogP contribution in [0.15, 0.2) is 42.5 Å². The largest absolute Gasteiger partial charge is 0.445 e. The van der Waals surface area contributed by atoms with Gasteiger partial charge in [-0.05, 0) is 43.0 Å². The predicted molar refractivity (Wildman–Crippen MR) is 105 cm³/mol. The summed E-state index contributed by atoms with van der Waals surface area (Å²) in [6.07, 6.45) is 0.370. The molecule has 0 spiro atoms. The summed E-state index contributed by atoms with van der Waals surface area (Å²) >= 11 is 0. The summed E-state index contributed by atoms with van der Waals surface area (Å²) in [4.78, 5) is 27.5. The Labute approximate surface area is 173 Å². The summed E-state index contributed by atoms with van der Waals surface area (Å²) in [6.45, 7) is 2.22. The molecule has 2 unspecified atom stereocenters. The zero-order chi connectivity index (χ0) is 21.3. The van der Waals surface area contributed by atoms with Crippen molar-refractivity contribution < 1.29 is 27.8 Å². The van der Waals surface area contributed by atoms with Gasteiger partial charge in [0.25, 0.3) is 0 Å². The summed E-state index contributed by atoms with van der Waals surface area (Å²) in [7, 11) is 0. The van der Waals surface area contributed by atoms with E-state index in [0.29, 0.717) is 26.1 Å². The molecule has 0 aromatic heterocycles. The number of rotatable bonds is 4. The second-order valence-electron chi connectivity index (χ2n) is 7.86. The van der Waals surface area contributed by atoms with E-state index in [1.807, 2.05) is 30.3 Å². The van der Waals surface area contributed by atoms with Gasteiger partial charge in [-0.25, -0.2) is 13.6 Å². The Morgan fingerprint density at radius 2 is 1.73 bits per heavy atom. The van der Waals surface area contributed by atoms with Crippen LogP contribution in [-0.4, -0.2) is 42.1 Å². The first-order valence-electron chi connectivity index (χ1n) is 10.0. The van der Waals surface area contributed by atoms with E-state index < -0.39 is 17.7 Å². The van der Waals surface area contributed by atoms with E-state index in [4.69, 9.17) is 9.47 Å². The molecule has 2 aromatic carbocycles. The Kier molecular flexibility index (Phi) is 5.81. The number of Topliss-reactive ketones (excluding diaryl/α,β-unsaturated/α-hetero) is 1. The summed E-state index contributed by atoms with van der Waals surface area (Å²) in [5.74, 6) is -2.57. The minimum atomic E-state index is -0.994. The van der Waals surface area contributed by atoms with Crippen molar-refractivity contribution in [3.05, 3.63) is 70.8 Å². The molecule has 0 radical (unpaired) electrons. The van der Waals surface area contributed by atoms with E-state index in [-0.39, 0.29) is 41.5 Å². The Bertz CT molecular complexity index is 936. The molecule has 2 aliphatic rings. The van der Waals surface area contributed by atoms with Crippen molar-refractivity contribution in [3.8, 4) is 0 Å². The number of fused-ring (bicyclic) bond motifs is 2. The van der Waals surface area contributed by atoms with E-state index in [2.05, 4.69) is 0 Å². The van der Waals surface area contributed by atoms with Gasteiger partial charge in [0.2, 0.25) is 0 Å². The van der Waals surface area contributed by atoms with Crippen molar-refractivity contribution in [1.82, 2.24) is 4.90 Å². The third-order valence-corrected chi connectivity index (χ3v) is 5.91. The summed E-state index contributed by atoms with van der Waals surface area (Å²) in [5, 5.41) is 0. The molecule has 0 saturated carbocycles. The van der Waals surface area contributed by atoms with Crippen LogP contribution in [0.1, 0.15) is 34.3 Å². The second-order valence-corrected chi connectivity index (χ2v) is 7.86. The van der Waals surface area contributed by atoms with Gasteiger partial charge >= 0.3 is 6.09 Å². The van der Waals surface area contributed by atoms with Crippen LogP contribution in [0.2, 0.25) is 0 Å². The van der Waals surface area contributed by atoms with Crippen LogP contribution in [0.25, 0.3) is 0 Å². The number of piperidine rings is 1. The summed E-state index contributed by atoms with van der Waals surface area (Å²) in [6, 6.07) is 11.1. The smallest absolute Gasteiger partial charge is 0.410 e. The molecule has 2 atom stereocenters. The van der Waals surface area contributed by atoms with Crippen LogP contribution >= 0.6 is 0 Å². The lowest BCUT2D eigenvalue weighted by Gasteiger charge is -2.47. The Morgan fingerprint density at radius 1 is 1.07 bits per heavy atom. The fourth-order valence-electron chi connectivity index (χ4n) is 4.36. The van der Waals surface area contributed by atoms with Crippen LogP contribution in [-0.2, 0) is 16.1 Å². The third kappa shape index (κ3) is 3.94. The molecule has 1 amide bonds. The van der Waals surface area contributed by atoms with Gasteiger partial charge in [0.15, 0.2) is 17.4 Å². The highest BCUT2D eigenvalue weighted by Crippen LogP contribution is 2.35. The zero-order valence-electron chi connectivity index (χ0n) is 16.6.